The number of Topliss-reactive ketones (excluding diaryl/α,β-unsaturated/α-hetero) is 2. The summed E-state index contributed by atoms with van der Waals surface area (Å²) in [5.41, 5.74) is 1.33. The Hall–Kier alpha value is -4.22. The van der Waals surface area contributed by atoms with Crippen molar-refractivity contribution in [1.29, 1.82) is 0 Å². The number of benzene rings is 1. The highest BCUT2D eigenvalue weighted by Crippen LogP contribution is 2.47. The van der Waals surface area contributed by atoms with Gasteiger partial charge in [-0.2, -0.15) is 0 Å². The first kappa shape index (κ1) is 35.1. The first-order chi connectivity index (χ1) is 23.1. The third-order valence-corrected chi connectivity index (χ3v) is 9.21. The summed E-state index contributed by atoms with van der Waals surface area (Å²) < 4.78 is 10.9. The van der Waals surface area contributed by atoms with Crippen LogP contribution in [0.2, 0.25) is 0 Å². The number of nitrogens with one attached hydrogen (secondary N) is 2. The highest BCUT2D eigenvalue weighted by atomic mass is 16.5. The maximum atomic E-state index is 14.1. The molecular weight excluding hydrogens is 610 g/mol. The molecule has 3 heterocycles. The van der Waals surface area contributed by atoms with E-state index < -0.39 is 29.3 Å². The van der Waals surface area contributed by atoms with Gasteiger partial charge in [0.05, 0.1) is 31.8 Å². The number of rotatable bonds is 17. The molecule has 1 aliphatic carbocycles. The van der Waals surface area contributed by atoms with Gasteiger partial charge in [-0.1, -0.05) is 62.3 Å². The monoisotopic (exact) mass is 657 g/mol. The molecule has 0 bridgehead atoms. The third-order valence-electron chi connectivity index (χ3n) is 9.21. The molecule has 3 atom stereocenters. The Morgan fingerprint density at radius 2 is 1.67 bits per heavy atom. The number of ketones is 2. The van der Waals surface area contributed by atoms with Gasteiger partial charge in [0.1, 0.15) is 0 Å². The van der Waals surface area contributed by atoms with E-state index in [-0.39, 0.29) is 41.9 Å². The minimum absolute atomic E-state index is 0.0525. The fraction of sp³-hybridized carbons (Fsp3) is 0.514. The number of hydrogen-bond acceptors (Lipinski definition) is 9. The van der Waals surface area contributed by atoms with Gasteiger partial charge in [0.2, 0.25) is 5.91 Å². The molecule has 0 spiro atoms. The second-order valence-corrected chi connectivity index (χ2v) is 13.8. The van der Waals surface area contributed by atoms with Crippen LogP contribution >= 0.6 is 0 Å². The molecule has 2 N–H and O–H groups in total. The van der Waals surface area contributed by atoms with E-state index in [0.717, 1.165) is 37.1 Å². The molecule has 1 aromatic carbocycles. The summed E-state index contributed by atoms with van der Waals surface area (Å²) in [6, 6.07) is 13.1. The molecule has 2 fully saturated rings. The molecule has 0 unspecified atom stereocenters. The molecule has 256 valence electrons. The summed E-state index contributed by atoms with van der Waals surface area (Å²) in [5.74, 6) is -1.15. The Bertz CT molecular complexity index is 1530. The number of nitrogens with zero attached hydrogens (tertiary/aromatic N) is 3. The Kier molecular flexibility index (Phi) is 11.9. The summed E-state index contributed by atoms with van der Waals surface area (Å²) >= 11 is 0. The first-order valence-corrected chi connectivity index (χ1v) is 17.0. The van der Waals surface area contributed by atoms with Gasteiger partial charge in [-0.05, 0) is 48.8 Å². The number of carbonyl (C=O) groups is 4. The van der Waals surface area contributed by atoms with E-state index in [1.807, 2.05) is 57.2 Å². The van der Waals surface area contributed by atoms with Crippen molar-refractivity contribution in [2.45, 2.75) is 77.9 Å². The van der Waals surface area contributed by atoms with Crippen molar-refractivity contribution in [2.75, 3.05) is 26.3 Å². The second kappa shape index (κ2) is 16.3. The van der Waals surface area contributed by atoms with Gasteiger partial charge >= 0.3 is 0 Å². The Labute approximate surface area is 282 Å². The summed E-state index contributed by atoms with van der Waals surface area (Å²) in [6.45, 7) is 9.29. The number of aromatic nitrogens is 2. The average Bonchev–Trinajstić information content (AvgIpc) is 3.66. The Balaban J connectivity index is 1.33. The SMILES string of the molecule is CC(C)C[C@H](NC(=O)[C@@H](CC(=O)[C@H](Cc1cccnc1)NC(=O)c1cc(CN2CCOCC2)on1)Cc1ccccc1)C(=O)C1(C)CC1. The predicted molar refractivity (Wildman–Crippen MR) is 179 cm³/mol. The molecule has 5 rings (SSSR count). The van der Waals surface area contributed by atoms with Crippen LogP contribution in [0.5, 0.6) is 0 Å². The summed E-state index contributed by atoms with van der Waals surface area (Å²) in [4.78, 5) is 61.3. The fourth-order valence-corrected chi connectivity index (χ4v) is 6.09. The molecular formula is C37H47N5O6. The number of morpholine rings is 1. The molecule has 48 heavy (non-hydrogen) atoms. The van der Waals surface area contributed by atoms with Crippen molar-refractivity contribution in [3.63, 3.8) is 0 Å². The van der Waals surface area contributed by atoms with Crippen LogP contribution in [0.4, 0.5) is 0 Å². The van der Waals surface area contributed by atoms with Crippen LogP contribution in [0, 0.1) is 17.3 Å². The molecule has 11 nitrogen and oxygen atoms in total. The minimum Gasteiger partial charge on any atom is -0.379 e. The zero-order valence-electron chi connectivity index (χ0n) is 28.2. The topological polar surface area (TPSA) is 144 Å². The van der Waals surface area contributed by atoms with Gasteiger partial charge in [-0.25, -0.2) is 0 Å². The average molecular weight is 658 g/mol. The van der Waals surface area contributed by atoms with E-state index in [1.165, 1.54) is 0 Å². The third kappa shape index (κ3) is 9.90. The number of ether oxygens (including phenoxy) is 1. The van der Waals surface area contributed by atoms with Crippen LogP contribution in [0.1, 0.15) is 73.8 Å². The largest absolute Gasteiger partial charge is 0.379 e. The maximum Gasteiger partial charge on any atom is 0.274 e. The molecule has 3 aromatic rings. The quantitative estimate of drug-likeness (QED) is 0.221. The van der Waals surface area contributed by atoms with Crippen LogP contribution in [0.15, 0.2) is 65.4 Å². The van der Waals surface area contributed by atoms with E-state index in [4.69, 9.17) is 9.26 Å². The van der Waals surface area contributed by atoms with Crippen molar-refractivity contribution in [2.24, 2.45) is 17.3 Å². The Morgan fingerprint density at radius 3 is 2.33 bits per heavy atom. The lowest BCUT2D eigenvalue weighted by Crippen LogP contribution is -2.48. The minimum atomic E-state index is -0.953. The lowest BCUT2D eigenvalue weighted by atomic mass is 9.87. The molecule has 0 radical (unpaired) electrons. The number of pyridine rings is 1. The van der Waals surface area contributed by atoms with Gasteiger partial charge in [-0.15, -0.1) is 0 Å². The number of hydrogen-bond donors (Lipinski definition) is 2. The first-order valence-electron chi connectivity index (χ1n) is 17.0. The summed E-state index contributed by atoms with van der Waals surface area (Å²) in [5, 5.41) is 9.88. The lowest BCUT2D eigenvalue weighted by Gasteiger charge is -2.26. The smallest absolute Gasteiger partial charge is 0.274 e. The summed E-state index contributed by atoms with van der Waals surface area (Å²) in [6.07, 6.45) is 5.81. The highest BCUT2D eigenvalue weighted by molar-refractivity contribution is 5.99. The van der Waals surface area contributed by atoms with Crippen LogP contribution in [0.25, 0.3) is 0 Å². The van der Waals surface area contributed by atoms with E-state index in [1.54, 1.807) is 24.5 Å². The van der Waals surface area contributed by atoms with Gasteiger partial charge in [0.25, 0.3) is 5.91 Å². The zero-order chi connectivity index (χ0) is 34.1. The fourth-order valence-electron chi connectivity index (χ4n) is 6.09. The van der Waals surface area contributed by atoms with Gasteiger partial charge in [0, 0.05) is 55.7 Å². The molecule has 2 amide bonds. The van der Waals surface area contributed by atoms with E-state index in [0.29, 0.717) is 38.4 Å². The molecule has 11 heteroatoms. The number of carbonyl (C=O) groups excluding carboxylic acids is 4. The van der Waals surface area contributed by atoms with Gasteiger partial charge in [0.15, 0.2) is 23.0 Å². The number of amides is 2. The summed E-state index contributed by atoms with van der Waals surface area (Å²) in [7, 11) is 0. The van der Waals surface area contributed by atoms with Gasteiger partial charge < -0.3 is 19.9 Å². The van der Waals surface area contributed by atoms with Crippen LogP contribution in [0.3, 0.4) is 0 Å². The van der Waals surface area contributed by atoms with Crippen LogP contribution in [-0.2, 0) is 38.5 Å². The van der Waals surface area contributed by atoms with Crippen molar-refractivity contribution >= 4 is 23.4 Å². The molecule has 1 saturated carbocycles. The van der Waals surface area contributed by atoms with E-state index in [9.17, 15) is 19.2 Å². The van der Waals surface area contributed by atoms with Gasteiger partial charge in [-0.3, -0.25) is 29.1 Å². The van der Waals surface area contributed by atoms with E-state index in [2.05, 4.69) is 25.7 Å². The lowest BCUT2D eigenvalue weighted by molar-refractivity contribution is -0.134. The molecule has 1 aliphatic heterocycles. The van der Waals surface area contributed by atoms with Crippen molar-refractivity contribution in [3.8, 4) is 0 Å². The van der Waals surface area contributed by atoms with Crippen molar-refractivity contribution in [3.05, 3.63) is 83.5 Å². The van der Waals surface area contributed by atoms with Crippen LogP contribution < -0.4 is 10.6 Å². The zero-order valence-corrected chi connectivity index (χ0v) is 28.2. The maximum absolute atomic E-state index is 14.1. The van der Waals surface area contributed by atoms with Crippen molar-refractivity contribution < 1.29 is 28.4 Å². The Morgan fingerprint density at radius 1 is 0.938 bits per heavy atom. The molecule has 2 aromatic heterocycles. The molecule has 1 saturated heterocycles. The highest BCUT2D eigenvalue weighted by Gasteiger charge is 2.48. The predicted octanol–water partition coefficient (Wildman–Crippen LogP) is 3.96. The second-order valence-electron chi connectivity index (χ2n) is 13.8. The molecule has 2 aliphatic rings. The van der Waals surface area contributed by atoms with Crippen LogP contribution in [-0.4, -0.2) is 76.8 Å². The van der Waals surface area contributed by atoms with E-state index >= 15 is 0 Å². The van der Waals surface area contributed by atoms with Crippen molar-refractivity contribution in [1.82, 2.24) is 25.7 Å². The normalized spacial score (nSPS) is 17.7. The standard InChI is InChI=1S/C37H47N5O6/c1-25(2)18-31(34(44)37(3)11-12-37)40-35(45)28(19-26-8-5-4-6-9-26)21-33(43)30(20-27-10-7-13-38-23-27)39-36(46)32-22-29(48-41-32)24-42-14-16-47-17-15-42/h4-10,13,22-23,25,28,30-31H,11-12,14-21,24H2,1-3H3,(H,39,46)(H,40,45)/t28-,30+,31+/m1/s1.